The van der Waals surface area contributed by atoms with Crippen molar-refractivity contribution in [2.45, 2.75) is 37.9 Å². The molecule has 3 aliphatic rings. The molecule has 0 unspecified atom stereocenters. The molecular weight excluding hydrogens is 468 g/mol. The van der Waals surface area contributed by atoms with Crippen molar-refractivity contribution < 1.29 is 4.74 Å². The van der Waals surface area contributed by atoms with Crippen molar-refractivity contribution in [3.63, 3.8) is 0 Å². The lowest BCUT2D eigenvalue weighted by molar-refractivity contribution is -0.0114. The minimum atomic E-state index is 0.288. The highest BCUT2D eigenvalue weighted by Gasteiger charge is 2.33. The molecule has 4 heterocycles. The Hall–Kier alpha value is -3.46. The molecule has 0 radical (unpaired) electrons. The first-order valence-corrected chi connectivity index (χ1v) is 12.0. The van der Waals surface area contributed by atoms with Crippen molar-refractivity contribution in [2.75, 3.05) is 41.8 Å². The van der Waals surface area contributed by atoms with Crippen LogP contribution in [0.2, 0.25) is 5.02 Å². The van der Waals surface area contributed by atoms with E-state index in [4.69, 9.17) is 21.7 Å². The topological polar surface area (TPSA) is 139 Å². The van der Waals surface area contributed by atoms with Gasteiger partial charge in [0, 0.05) is 30.9 Å². The number of nitriles is 1. The minimum absolute atomic E-state index is 0.288. The molecule has 6 rings (SSSR count). The molecule has 4 N–H and O–H groups in total. The standard InChI is InChI=1S/C23H25ClN10O/c1-12(26)13-4-18(20(24)19(5-13)33-8-15(9-33)28-16-10-35-11-16)30-23-31-21(29-14-2-3-14)22-27-7-17(6-25)34(22)32-23/h4-5,7,14-16,26,28H,2-3,8-11H2,1H3,(H2,29,30,31,32). The van der Waals surface area contributed by atoms with Gasteiger partial charge in [0.05, 0.1) is 41.8 Å². The molecule has 3 fully saturated rings. The van der Waals surface area contributed by atoms with Crippen LogP contribution in [0.5, 0.6) is 0 Å². The monoisotopic (exact) mass is 492 g/mol. The maximum Gasteiger partial charge on any atom is 0.247 e. The first-order chi connectivity index (χ1) is 17.0. The number of rotatable bonds is 8. The van der Waals surface area contributed by atoms with Gasteiger partial charge < -0.3 is 31.0 Å². The van der Waals surface area contributed by atoms with Crippen molar-refractivity contribution in [2.24, 2.45) is 0 Å². The normalized spacial score (nSPS) is 18.1. The summed E-state index contributed by atoms with van der Waals surface area (Å²) in [5, 5.41) is 32.9. The zero-order valence-corrected chi connectivity index (χ0v) is 19.9. The van der Waals surface area contributed by atoms with Crippen LogP contribution in [0, 0.1) is 16.7 Å². The predicted octanol–water partition coefficient (Wildman–Crippen LogP) is 2.53. The summed E-state index contributed by atoms with van der Waals surface area (Å²) in [5.74, 6) is 0.856. The van der Waals surface area contributed by atoms with Gasteiger partial charge in [-0.05, 0) is 37.5 Å². The zero-order chi connectivity index (χ0) is 24.1. The summed E-state index contributed by atoms with van der Waals surface area (Å²) in [7, 11) is 0. The third-order valence-corrected chi connectivity index (χ3v) is 6.86. The lowest BCUT2D eigenvalue weighted by Crippen LogP contribution is -2.63. The minimum Gasteiger partial charge on any atom is -0.378 e. The summed E-state index contributed by atoms with van der Waals surface area (Å²) < 4.78 is 6.73. The lowest BCUT2D eigenvalue weighted by atomic mass is 10.0. The molecule has 0 amide bonds. The van der Waals surface area contributed by atoms with Gasteiger partial charge >= 0.3 is 0 Å². The van der Waals surface area contributed by atoms with Crippen LogP contribution in [0.4, 0.5) is 23.1 Å². The second-order valence-electron chi connectivity index (χ2n) is 9.30. The number of hydrogen-bond donors (Lipinski definition) is 4. The fraction of sp³-hybridized carbons (Fsp3) is 0.435. The van der Waals surface area contributed by atoms with Gasteiger partial charge in [-0.1, -0.05) is 11.6 Å². The molecule has 3 aromatic rings. The van der Waals surface area contributed by atoms with Crippen molar-refractivity contribution in [3.8, 4) is 6.07 Å². The Morgan fingerprint density at radius 3 is 2.69 bits per heavy atom. The first-order valence-electron chi connectivity index (χ1n) is 11.7. The van der Waals surface area contributed by atoms with E-state index in [1.54, 1.807) is 6.92 Å². The van der Waals surface area contributed by atoms with Crippen LogP contribution in [-0.4, -0.2) is 69.7 Å². The average molecular weight is 493 g/mol. The van der Waals surface area contributed by atoms with Crippen molar-refractivity contribution >= 4 is 46.1 Å². The second-order valence-corrected chi connectivity index (χ2v) is 9.68. The van der Waals surface area contributed by atoms with Gasteiger partial charge in [0.15, 0.2) is 17.2 Å². The number of ether oxygens (including phenoxy) is 1. The maximum atomic E-state index is 9.48. The van der Waals surface area contributed by atoms with E-state index in [0.29, 0.717) is 51.7 Å². The van der Waals surface area contributed by atoms with Crippen LogP contribution >= 0.6 is 11.6 Å². The maximum absolute atomic E-state index is 9.48. The summed E-state index contributed by atoms with van der Waals surface area (Å²) >= 11 is 6.87. The van der Waals surface area contributed by atoms with Crippen molar-refractivity contribution in [3.05, 3.63) is 34.6 Å². The largest absolute Gasteiger partial charge is 0.378 e. The smallest absolute Gasteiger partial charge is 0.247 e. The van der Waals surface area contributed by atoms with Gasteiger partial charge in [-0.25, -0.2) is 4.98 Å². The van der Waals surface area contributed by atoms with Crippen LogP contribution in [0.3, 0.4) is 0 Å². The zero-order valence-electron chi connectivity index (χ0n) is 19.2. The molecule has 2 saturated heterocycles. The molecule has 1 aliphatic carbocycles. The lowest BCUT2D eigenvalue weighted by Gasteiger charge is -2.45. The number of halogens is 1. The number of nitrogens with zero attached hydrogens (tertiary/aromatic N) is 6. The van der Waals surface area contributed by atoms with Gasteiger partial charge in [0.1, 0.15) is 6.07 Å². The summed E-state index contributed by atoms with van der Waals surface area (Å²) in [6, 6.07) is 7.06. The van der Waals surface area contributed by atoms with E-state index in [1.807, 2.05) is 12.1 Å². The Balaban J connectivity index is 1.31. The number of anilines is 4. The number of imidazole rings is 1. The van der Waals surface area contributed by atoms with E-state index >= 15 is 0 Å². The molecule has 12 heteroatoms. The van der Waals surface area contributed by atoms with E-state index in [0.717, 1.165) is 50.4 Å². The molecule has 11 nitrogen and oxygen atoms in total. The van der Waals surface area contributed by atoms with E-state index in [-0.39, 0.29) is 5.95 Å². The Kier molecular flexibility index (Phi) is 5.44. The SMILES string of the molecule is CC(=N)c1cc(Nc2nc(NC3CC3)c3ncc(C#N)n3n2)c(Cl)c(N2CC(NC3COC3)C2)c1. The molecule has 0 atom stereocenters. The van der Waals surface area contributed by atoms with Gasteiger partial charge in [0.25, 0.3) is 0 Å². The molecule has 0 bridgehead atoms. The number of benzene rings is 1. The highest BCUT2D eigenvalue weighted by molar-refractivity contribution is 6.36. The Morgan fingerprint density at radius 1 is 1.23 bits per heavy atom. The van der Waals surface area contributed by atoms with E-state index in [2.05, 4.69) is 42.0 Å². The third kappa shape index (κ3) is 4.25. The van der Waals surface area contributed by atoms with Crippen LogP contribution in [0.25, 0.3) is 5.65 Å². The van der Waals surface area contributed by atoms with E-state index in [1.165, 1.54) is 10.7 Å². The highest BCUT2D eigenvalue weighted by Crippen LogP contribution is 2.38. The third-order valence-electron chi connectivity index (χ3n) is 6.46. The first kappa shape index (κ1) is 22.0. The highest BCUT2D eigenvalue weighted by atomic mass is 35.5. The molecular formula is C23H25ClN10O. The second kappa shape index (κ2) is 8.64. The van der Waals surface area contributed by atoms with Crippen LogP contribution in [0.15, 0.2) is 18.3 Å². The fourth-order valence-corrected chi connectivity index (χ4v) is 4.52. The number of hydrogen-bond acceptors (Lipinski definition) is 10. The summed E-state index contributed by atoms with van der Waals surface area (Å²) in [6.07, 6.45) is 3.63. The van der Waals surface area contributed by atoms with Crippen molar-refractivity contribution in [1.82, 2.24) is 24.9 Å². The van der Waals surface area contributed by atoms with Gasteiger partial charge in [-0.15, -0.1) is 5.10 Å². The molecule has 2 aliphatic heterocycles. The van der Waals surface area contributed by atoms with Crippen LogP contribution in [-0.2, 0) is 4.74 Å². The van der Waals surface area contributed by atoms with Crippen molar-refractivity contribution in [1.29, 1.82) is 10.7 Å². The average Bonchev–Trinajstić information content (AvgIpc) is 3.49. The number of fused-ring (bicyclic) bond motifs is 1. The van der Waals surface area contributed by atoms with E-state index < -0.39 is 0 Å². The van der Waals surface area contributed by atoms with E-state index in [9.17, 15) is 5.26 Å². The molecule has 1 aromatic carbocycles. The molecule has 180 valence electrons. The summed E-state index contributed by atoms with van der Waals surface area (Å²) in [4.78, 5) is 11.2. The molecule has 0 spiro atoms. The van der Waals surface area contributed by atoms with Gasteiger partial charge in [0.2, 0.25) is 5.95 Å². The molecule has 2 aromatic heterocycles. The van der Waals surface area contributed by atoms with Gasteiger partial charge in [-0.3, -0.25) is 0 Å². The fourth-order valence-electron chi connectivity index (χ4n) is 4.24. The number of nitrogens with one attached hydrogen (secondary N) is 4. The van der Waals surface area contributed by atoms with Crippen LogP contribution < -0.4 is 20.9 Å². The van der Waals surface area contributed by atoms with Crippen LogP contribution in [0.1, 0.15) is 31.0 Å². The van der Waals surface area contributed by atoms with Gasteiger partial charge in [-0.2, -0.15) is 14.8 Å². The summed E-state index contributed by atoms with van der Waals surface area (Å²) in [5.41, 5.74) is 3.47. The predicted molar refractivity (Wildman–Crippen MR) is 133 cm³/mol. The Morgan fingerprint density at radius 2 is 2.03 bits per heavy atom. The molecule has 1 saturated carbocycles. The Labute approximate surface area is 207 Å². The number of aromatic nitrogens is 4. The molecule has 35 heavy (non-hydrogen) atoms. The quantitative estimate of drug-likeness (QED) is 0.349. The summed E-state index contributed by atoms with van der Waals surface area (Å²) in [6.45, 7) is 4.93. The Bertz CT molecular complexity index is 1350.